The first-order valence-corrected chi connectivity index (χ1v) is 10.0. The van der Waals surface area contributed by atoms with Crippen LogP contribution in [0.5, 0.6) is 0 Å². The number of hydrogen-bond donors (Lipinski definition) is 0. The molecule has 1 amide bonds. The fourth-order valence-corrected chi connectivity index (χ4v) is 3.98. The second-order valence-electron chi connectivity index (χ2n) is 6.22. The average molecular weight is 381 g/mol. The largest absolute Gasteiger partial charge is 0.455 e. The number of rotatable bonds is 5. The van der Waals surface area contributed by atoms with Gasteiger partial charge in [-0.05, 0) is 36.9 Å². The maximum Gasteiger partial charge on any atom is 0.289 e. The average Bonchev–Trinajstić information content (AvgIpc) is 3.05. The van der Waals surface area contributed by atoms with Crippen molar-refractivity contribution in [2.75, 3.05) is 33.2 Å². The van der Waals surface area contributed by atoms with E-state index in [4.69, 9.17) is 16.0 Å². The topological polar surface area (TPSA) is 53.8 Å². The van der Waals surface area contributed by atoms with Crippen LogP contribution in [-0.2, 0) is 22.3 Å². The van der Waals surface area contributed by atoms with Gasteiger partial charge in [0.15, 0.2) is 5.76 Å². The van der Waals surface area contributed by atoms with E-state index in [1.807, 2.05) is 19.2 Å². The normalized spacial score (nSPS) is 16.8. The minimum atomic E-state index is -1.11. The van der Waals surface area contributed by atoms with Gasteiger partial charge in [0.05, 0.1) is 5.75 Å². The van der Waals surface area contributed by atoms with E-state index in [1.165, 1.54) is 0 Å². The number of carbonyl (C=O) groups excluding carboxylic acids is 1. The maximum absolute atomic E-state index is 12.5. The molecule has 2 aromatic rings. The van der Waals surface area contributed by atoms with Crippen molar-refractivity contribution in [3.63, 3.8) is 0 Å². The SMILES string of the molecule is CN1CCN(C(=O)c2ccc(C[S@](=O)Cc3ccc(Cl)cc3)o2)CC1. The maximum atomic E-state index is 12.5. The third-order valence-electron chi connectivity index (χ3n) is 4.21. The van der Waals surface area contributed by atoms with Gasteiger partial charge in [0, 0.05) is 47.8 Å². The third-order valence-corrected chi connectivity index (χ3v) is 5.72. The minimum absolute atomic E-state index is 0.0946. The van der Waals surface area contributed by atoms with Crippen molar-refractivity contribution in [2.45, 2.75) is 11.5 Å². The number of furan rings is 1. The number of likely N-dealkylation sites (N-methyl/N-ethyl adjacent to an activating group) is 1. The van der Waals surface area contributed by atoms with Gasteiger partial charge in [-0.2, -0.15) is 0 Å². The number of halogens is 1. The van der Waals surface area contributed by atoms with Crippen LogP contribution in [0.1, 0.15) is 21.9 Å². The van der Waals surface area contributed by atoms with Crippen LogP contribution in [0.4, 0.5) is 0 Å². The monoisotopic (exact) mass is 380 g/mol. The van der Waals surface area contributed by atoms with Gasteiger partial charge >= 0.3 is 0 Å². The minimum Gasteiger partial charge on any atom is -0.455 e. The lowest BCUT2D eigenvalue weighted by molar-refractivity contribution is 0.0631. The molecule has 1 atom stereocenters. The zero-order valence-corrected chi connectivity index (χ0v) is 15.7. The van der Waals surface area contributed by atoms with Crippen molar-refractivity contribution in [2.24, 2.45) is 0 Å². The molecule has 1 fully saturated rings. The van der Waals surface area contributed by atoms with Crippen LogP contribution in [0, 0.1) is 0 Å². The first kappa shape index (κ1) is 18.2. The summed E-state index contributed by atoms with van der Waals surface area (Å²) in [4.78, 5) is 16.4. The van der Waals surface area contributed by atoms with E-state index in [0.717, 1.165) is 18.7 Å². The first-order chi connectivity index (χ1) is 12.0. The van der Waals surface area contributed by atoms with Gasteiger partial charge in [0.25, 0.3) is 5.91 Å². The van der Waals surface area contributed by atoms with E-state index in [9.17, 15) is 9.00 Å². The Labute approximate surface area is 155 Å². The number of amides is 1. The Morgan fingerprint density at radius 1 is 1.08 bits per heavy atom. The van der Waals surface area contributed by atoms with Gasteiger partial charge in [-0.3, -0.25) is 9.00 Å². The molecule has 0 radical (unpaired) electrons. The molecule has 7 heteroatoms. The fourth-order valence-electron chi connectivity index (χ4n) is 2.71. The summed E-state index contributed by atoms with van der Waals surface area (Å²) in [5.74, 6) is 1.52. The van der Waals surface area contributed by atoms with Crippen LogP contribution in [0.3, 0.4) is 0 Å². The quantitative estimate of drug-likeness (QED) is 0.800. The first-order valence-electron chi connectivity index (χ1n) is 8.17. The third kappa shape index (κ3) is 4.93. The number of benzene rings is 1. The molecule has 1 saturated heterocycles. The van der Waals surface area contributed by atoms with Crippen molar-refractivity contribution in [1.29, 1.82) is 0 Å². The molecule has 0 bridgehead atoms. The molecule has 1 aromatic heterocycles. The van der Waals surface area contributed by atoms with Crippen LogP contribution < -0.4 is 0 Å². The number of hydrogen-bond acceptors (Lipinski definition) is 4. The second kappa shape index (κ2) is 8.17. The molecule has 25 heavy (non-hydrogen) atoms. The van der Waals surface area contributed by atoms with Gasteiger partial charge in [-0.15, -0.1) is 0 Å². The Balaban J connectivity index is 1.56. The lowest BCUT2D eigenvalue weighted by atomic mass is 10.2. The van der Waals surface area contributed by atoms with Crippen molar-refractivity contribution < 1.29 is 13.4 Å². The molecule has 0 unspecified atom stereocenters. The van der Waals surface area contributed by atoms with Crippen molar-refractivity contribution in [1.82, 2.24) is 9.80 Å². The van der Waals surface area contributed by atoms with E-state index in [-0.39, 0.29) is 5.91 Å². The summed E-state index contributed by atoms with van der Waals surface area (Å²) >= 11 is 5.85. The molecule has 0 saturated carbocycles. The molecule has 0 aliphatic carbocycles. The fraction of sp³-hybridized carbons (Fsp3) is 0.389. The summed E-state index contributed by atoms with van der Waals surface area (Å²) < 4.78 is 17.9. The predicted molar refractivity (Wildman–Crippen MR) is 99.1 cm³/mol. The van der Waals surface area contributed by atoms with Crippen molar-refractivity contribution in [3.05, 3.63) is 58.5 Å². The van der Waals surface area contributed by atoms with Gasteiger partial charge < -0.3 is 14.2 Å². The summed E-state index contributed by atoms with van der Waals surface area (Å²) in [7, 11) is 0.938. The summed E-state index contributed by atoms with van der Waals surface area (Å²) in [5, 5.41) is 0.660. The summed E-state index contributed by atoms with van der Waals surface area (Å²) in [5.41, 5.74) is 0.961. The second-order valence-corrected chi connectivity index (χ2v) is 8.11. The number of carbonyl (C=O) groups is 1. The highest BCUT2D eigenvalue weighted by molar-refractivity contribution is 7.83. The van der Waals surface area contributed by atoms with Gasteiger partial charge in [-0.1, -0.05) is 23.7 Å². The summed E-state index contributed by atoms with van der Waals surface area (Å²) in [6.45, 7) is 3.14. The van der Waals surface area contributed by atoms with Crippen molar-refractivity contribution >= 4 is 28.3 Å². The molecule has 1 aliphatic heterocycles. The molecule has 134 valence electrons. The molecule has 0 spiro atoms. The smallest absolute Gasteiger partial charge is 0.289 e. The van der Waals surface area contributed by atoms with E-state index in [2.05, 4.69) is 4.90 Å². The molecule has 2 heterocycles. The highest BCUT2D eigenvalue weighted by Crippen LogP contribution is 2.16. The number of nitrogens with zero attached hydrogens (tertiary/aromatic N) is 2. The molecule has 3 rings (SSSR count). The Bertz CT molecular complexity index is 752. The van der Waals surface area contributed by atoms with E-state index >= 15 is 0 Å². The van der Waals surface area contributed by atoms with Crippen LogP contribution in [0.25, 0.3) is 0 Å². The Kier molecular flexibility index (Phi) is 5.93. The van der Waals surface area contributed by atoms with Crippen LogP contribution >= 0.6 is 11.6 Å². The molecule has 5 nitrogen and oxygen atoms in total. The lowest BCUT2D eigenvalue weighted by Gasteiger charge is -2.31. The van der Waals surface area contributed by atoms with Gasteiger partial charge in [0.1, 0.15) is 5.76 Å². The van der Waals surface area contributed by atoms with E-state index in [1.54, 1.807) is 29.2 Å². The van der Waals surface area contributed by atoms with Gasteiger partial charge in [0.2, 0.25) is 0 Å². The standard InChI is InChI=1S/C18H21ClN2O3S/c1-20-8-10-21(11-9-20)18(22)17-7-6-16(24-17)13-25(23)12-14-2-4-15(19)5-3-14/h2-7H,8-13H2,1H3/t25-/m1/s1. The van der Waals surface area contributed by atoms with Crippen LogP contribution in [0.15, 0.2) is 40.8 Å². The molecular formula is C18H21ClN2O3S. The highest BCUT2D eigenvalue weighted by Gasteiger charge is 2.23. The molecule has 1 aliphatic rings. The van der Waals surface area contributed by atoms with E-state index in [0.29, 0.717) is 41.1 Å². The highest BCUT2D eigenvalue weighted by atomic mass is 35.5. The summed E-state index contributed by atoms with van der Waals surface area (Å²) in [6.07, 6.45) is 0. The summed E-state index contributed by atoms with van der Waals surface area (Å²) in [6, 6.07) is 10.7. The van der Waals surface area contributed by atoms with E-state index < -0.39 is 10.8 Å². The van der Waals surface area contributed by atoms with Gasteiger partial charge in [-0.25, -0.2) is 0 Å². The zero-order valence-electron chi connectivity index (χ0n) is 14.1. The zero-order chi connectivity index (χ0) is 17.8. The molecule has 0 N–H and O–H groups in total. The van der Waals surface area contributed by atoms with Crippen LogP contribution in [0.2, 0.25) is 5.02 Å². The Hall–Kier alpha value is -1.63. The molecular weight excluding hydrogens is 360 g/mol. The molecule has 1 aromatic carbocycles. The van der Waals surface area contributed by atoms with Crippen LogP contribution in [-0.4, -0.2) is 53.1 Å². The Morgan fingerprint density at radius 2 is 1.76 bits per heavy atom. The van der Waals surface area contributed by atoms with Crippen molar-refractivity contribution in [3.8, 4) is 0 Å². The number of piperazine rings is 1. The lowest BCUT2D eigenvalue weighted by Crippen LogP contribution is -2.47. The Morgan fingerprint density at radius 3 is 2.44 bits per heavy atom. The predicted octanol–water partition coefficient (Wildman–Crippen LogP) is 2.77.